The Bertz CT molecular complexity index is 256. The molecular formula is C10H14F3NO. The van der Waals surface area contributed by atoms with Gasteiger partial charge in [-0.1, -0.05) is 18.2 Å². The maximum atomic E-state index is 11.5. The lowest BCUT2D eigenvalue weighted by molar-refractivity contribution is -0.274. The molecule has 0 bridgehead atoms. The van der Waals surface area contributed by atoms with E-state index in [-0.39, 0.29) is 5.75 Å². The Morgan fingerprint density at radius 1 is 1.00 bits per heavy atom. The third-order valence-electron chi connectivity index (χ3n) is 0.977. The van der Waals surface area contributed by atoms with Gasteiger partial charge in [-0.3, -0.25) is 0 Å². The molecule has 0 saturated heterocycles. The normalized spacial score (nSPS) is 10.6. The lowest BCUT2D eigenvalue weighted by Crippen LogP contribution is -2.16. The molecule has 0 atom stereocenters. The molecule has 0 saturated carbocycles. The largest absolute Gasteiger partial charge is 0.573 e. The number of benzene rings is 1. The summed E-state index contributed by atoms with van der Waals surface area (Å²) in [6, 6.07) is 7.05. The van der Waals surface area contributed by atoms with Gasteiger partial charge in [0.05, 0.1) is 0 Å². The van der Waals surface area contributed by atoms with Gasteiger partial charge in [0.2, 0.25) is 0 Å². The molecule has 0 unspecified atom stereocenters. The molecule has 0 aliphatic heterocycles. The van der Waals surface area contributed by atoms with Crippen molar-refractivity contribution in [2.24, 2.45) is 0 Å². The van der Waals surface area contributed by atoms with Crippen LogP contribution in [0.15, 0.2) is 30.3 Å². The highest BCUT2D eigenvalue weighted by Crippen LogP contribution is 2.21. The van der Waals surface area contributed by atoms with Gasteiger partial charge in [0.1, 0.15) is 5.75 Å². The van der Waals surface area contributed by atoms with Crippen molar-refractivity contribution in [3.8, 4) is 5.75 Å². The molecule has 5 heteroatoms. The van der Waals surface area contributed by atoms with Crippen LogP contribution in [-0.4, -0.2) is 32.4 Å². The van der Waals surface area contributed by atoms with E-state index in [1.54, 1.807) is 6.07 Å². The zero-order chi connectivity index (χ0) is 11.9. The molecule has 0 aliphatic carbocycles. The van der Waals surface area contributed by atoms with Crippen LogP contribution in [0.5, 0.6) is 5.75 Å². The second-order valence-corrected chi connectivity index (χ2v) is 3.20. The van der Waals surface area contributed by atoms with E-state index in [4.69, 9.17) is 0 Å². The van der Waals surface area contributed by atoms with E-state index in [9.17, 15) is 13.2 Å². The molecule has 86 valence electrons. The second-order valence-electron chi connectivity index (χ2n) is 3.20. The van der Waals surface area contributed by atoms with Gasteiger partial charge in [0, 0.05) is 0 Å². The van der Waals surface area contributed by atoms with Crippen LogP contribution in [0.3, 0.4) is 0 Å². The molecule has 0 aromatic heterocycles. The van der Waals surface area contributed by atoms with Crippen molar-refractivity contribution < 1.29 is 17.9 Å². The smallest absolute Gasteiger partial charge is 0.406 e. The summed E-state index contributed by atoms with van der Waals surface area (Å²) in [5.41, 5.74) is 0. The number of para-hydroxylation sites is 1. The van der Waals surface area contributed by atoms with Crippen LogP contribution in [-0.2, 0) is 0 Å². The van der Waals surface area contributed by atoms with Gasteiger partial charge in [-0.2, -0.15) is 0 Å². The number of alkyl halides is 3. The number of rotatable bonds is 1. The molecule has 1 aromatic rings. The topological polar surface area (TPSA) is 12.5 Å². The third-order valence-corrected chi connectivity index (χ3v) is 0.977. The van der Waals surface area contributed by atoms with Crippen LogP contribution in [0.4, 0.5) is 13.2 Å². The third kappa shape index (κ3) is 10.7. The number of hydrogen-bond acceptors (Lipinski definition) is 2. The Hall–Kier alpha value is -1.23. The molecule has 15 heavy (non-hydrogen) atoms. The maximum absolute atomic E-state index is 11.5. The predicted octanol–water partition coefficient (Wildman–Crippen LogP) is 2.76. The average Bonchev–Trinajstić information content (AvgIpc) is 2.01. The first-order valence-corrected chi connectivity index (χ1v) is 4.23. The Morgan fingerprint density at radius 2 is 1.40 bits per heavy atom. The fourth-order valence-electron chi connectivity index (χ4n) is 0.622. The molecule has 0 heterocycles. The first kappa shape index (κ1) is 13.8. The summed E-state index contributed by atoms with van der Waals surface area (Å²) in [6.45, 7) is 0. The van der Waals surface area contributed by atoms with Crippen molar-refractivity contribution in [1.82, 2.24) is 4.90 Å². The molecular weight excluding hydrogens is 207 g/mol. The minimum absolute atomic E-state index is 0.194. The lowest BCUT2D eigenvalue weighted by atomic mass is 10.3. The number of nitrogens with zero attached hydrogens (tertiary/aromatic N) is 1. The quantitative estimate of drug-likeness (QED) is 0.723. The van der Waals surface area contributed by atoms with Crippen molar-refractivity contribution in [1.29, 1.82) is 0 Å². The van der Waals surface area contributed by atoms with E-state index in [2.05, 4.69) is 4.74 Å². The highest BCUT2D eigenvalue weighted by molar-refractivity contribution is 5.20. The Kier molecular flexibility index (Phi) is 5.77. The Balaban J connectivity index is 0.000000423. The zero-order valence-corrected chi connectivity index (χ0v) is 8.88. The monoisotopic (exact) mass is 221 g/mol. The second kappa shape index (κ2) is 6.29. The molecule has 2 nitrogen and oxygen atoms in total. The van der Waals surface area contributed by atoms with E-state index in [0.717, 1.165) is 0 Å². The number of halogens is 3. The SMILES string of the molecule is CN(C)C.FC(F)(F)Oc1ccccc1. The molecule has 0 radical (unpaired) electrons. The first-order chi connectivity index (χ1) is 6.81. The van der Waals surface area contributed by atoms with Gasteiger partial charge in [-0.15, -0.1) is 13.2 Å². The number of ether oxygens (including phenoxy) is 1. The van der Waals surface area contributed by atoms with Crippen molar-refractivity contribution in [3.05, 3.63) is 30.3 Å². The summed E-state index contributed by atoms with van der Waals surface area (Å²) in [4.78, 5) is 2.00. The summed E-state index contributed by atoms with van der Waals surface area (Å²) >= 11 is 0. The summed E-state index contributed by atoms with van der Waals surface area (Å²) < 4.78 is 38.2. The van der Waals surface area contributed by atoms with Gasteiger partial charge in [-0.25, -0.2) is 0 Å². The average molecular weight is 221 g/mol. The molecule has 0 aliphatic rings. The highest BCUT2D eigenvalue weighted by Gasteiger charge is 2.30. The predicted molar refractivity (Wildman–Crippen MR) is 52.7 cm³/mol. The van der Waals surface area contributed by atoms with Crippen LogP contribution in [0.25, 0.3) is 0 Å². The molecule has 0 fully saturated rings. The molecule has 0 N–H and O–H groups in total. The van der Waals surface area contributed by atoms with Crippen LogP contribution < -0.4 is 4.74 Å². The minimum Gasteiger partial charge on any atom is -0.406 e. The highest BCUT2D eigenvalue weighted by atomic mass is 19.4. The lowest BCUT2D eigenvalue weighted by Gasteiger charge is -2.07. The van der Waals surface area contributed by atoms with Crippen molar-refractivity contribution in [2.45, 2.75) is 6.36 Å². The summed E-state index contributed by atoms with van der Waals surface area (Å²) in [5, 5.41) is 0. The van der Waals surface area contributed by atoms with E-state index in [0.29, 0.717) is 0 Å². The first-order valence-electron chi connectivity index (χ1n) is 4.23. The fourth-order valence-corrected chi connectivity index (χ4v) is 0.622. The van der Waals surface area contributed by atoms with Gasteiger partial charge in [0.15, 0.2) is 0 Å². The van der Waals surface area contributed by atoms with Crippen molar-refractivity contribution in [2.75, 3.05) is 21.1 Å². The summed E-state index contributed by atoms with van der Waals surface area (Å²) in [5.74, 6) is -0.194. The van der Waals surface area contributed by atoms with Gasteiger partial charge in [0.25, 0.3) is 0 Å². The molecule has 0 spiro atoms. The van der Waals surface area contributed by atoms with Gasteiger partial charge in [-0.05, 0) is 33.3 Å². The number of hydrogen-bond donors (Lipinski definition) is 0. The minimum atomic E-state index is -4.60. The maximum Gasteiger partial charge on any atom is 0.573 e. The molecule has 1 rings (SSSR count). The summed E-state index contributed by atoms with van der Waals surface area (Å²) in [6.07, 6.45) is -4.60. The summed E-state index contributed by atoms with van der Waals surface area (Å²) in [7, 11) is 6.00. The van der Waals surface area contributed by atoms with E-state index in [1.165, 1.54) is 24.3 Å². The Morgan fingerprint density at radius 3 is 1.73 bits per heavy atom. The fraction of sp³-hybridized carbons (Fsp3) is 0.400. The van der Waals surface area contributed by atoms with E-state index < -0.39 is 6.36 Å². The van der Waals surface area contributed by atoms with Crippen LogP contribution in [0.2, 0.25) is 0 Å². The Labute approximate surface area is 87.3 Å². The van der Waals surface area contributed by atoms with Crippen LogP contribution in [0.1, 0.15) is 0 Å². The van der Waals surface area contributed by atoms with Crippen molar-refractivity contribution in [3.63, 3.8) is 0 Å². The van der Waals surface area contributed by atoms with Crippen LogP contribution >= 0.6 is 0 Å². The van der Waals surface area contributed by atoms with E-state index in [1.807, 2.05) is 26.0 Å². The van der Waals surface area contributed by atoms with Crippen LogP contribution in [0, 0.1) is 0 Å². The molecule has 1 aromatic carbocycles. The standard InChI is InChI=1S/C7H5F3O.C3H9N/c8-7(9,10)11-6-4-2-1-3-5-6;1-4(2)3/h1-5H;1-3H3. The van der Waals surface area contributed by atoms with Gasteiger partial charge < -0.3 is 9.64 Å². The molecule has 0 amide bonds. The zero-order valence-electron chi connectivity index (χ0n) is 8.88. The van der Waals surface area contributed by atoms with E-state index >= 15 is 0 Å². The van der Waals surface area contributed by atoms with Gasteiger partial charge >= 0.3 is 6.36 Å². The van der Waals surface area contributed by atoms with Crippen molar-refractivity contribution >= 4 is 0 Å².